The molecule has 2 aromatic rings. The van der Waals surface area contributed by atoms with E-state index >= 15 is 0 Å². The highest BCUT2D eigenvalue weighted by molar-refractivity contribution is 5.81. The Balaban J connectivity index is 1.25. The van der Waals surface area contributed by atoms with Gasteiger partial charge in [0.05, 0.1) is 6.04 Å². The molecule has 7 atom stereocenters. The summed E-state index contributed by atoms with van der Waals surface area (Å²) in [5.41, 5.74) is 3.30. The van der Waals surface area contributed by atoms with Crippen LogP contribution in [0.5, 0.6) is 5.75 Å². The lowest BCUT2D eigenvalue weighted by molar-refractivity contribution is -0.138. The highest BCUT2D eigenvalue weighted by Crippen LogP contribution is 2.66. The first-order valence-electron chi connectivity index (χ1n) is 14.3. The van der Waals surface area contributed by atoms with Crippen molar-refractivity contribution in [2.24, 2.45) is 34.5 Å². The van der Waals surface area contributed by atoms with Crippen LogP contribution in [0.15, 0.2) is 66.4 Å². The van der Waals surface area contributed by atoms with Crippen LogP contribution in [0, 0.1) is 34.5 Å². The highest BCUT2D eigenvalue weighted by atomic mass is 16.3. The zero-order chi connectivity index (χ0) is 26.7. The van der Waals surface area contributed by atoms with Crippen molar-refractivity contribution in [1.29, 1.82) is 0 Å². The van der Waals surface area contributed by atoms with Gasteiger partial charge in [-0.1, -0.05) is 62.4 Å². The van der Waals surface area contributed by atoms with E-state index in [-0.39, 0.29) is 40.4 Å². The number of hydrogen-bond donors (Lipinski definition) is 2. The fourth-order valence-electron chi connectivity index (χ4n) is 8.93. The fraction of sp³-hybridized carbons (Fsp3) is 0.515. The standard InChI is InChI=1S/C33H40N2O3/c1-32-19-17-26-24(13-16-28-33(26,2)20-18-29(37)35(28)3)25(32)14-15-27(32)31(38)34-30(21-7-5-4-6-8-21)22-9-11-23(36)12-10-22/h4-12,16,24-27,30,36H,13-15,17-20H2,1-3H3,(H,34,38)/t24-,25-,26-,27+,30?,32-,33+/m0/s1. The second-order valence-electron chi connectivity index (χ2n) is 12.7. The van der Waals surface area contributed by atoms with Crippen LogP contribution in [0.25, 0.3) is 0 Å². The van der Waals surface area contributed by atoms with Crippen LogP contribution < -0.4 is 5.32 Å². The molecule has 2 amide bonds. The van der Waals surface area contributed by atoms with Crippen molar-refractivity contribution in [3.05, 3.63) is 77.5 Å². The number of rotatable bonds is 4. The Labute approximate surface area is 226 Å². The van der Waals surface area contributed by atoms with E-state index < -0.39 is 0 Å². The molecule has 0 bridgehead atoms. The van der Waals surface area contributed by atoms with Crippen LogP contribution >= 0.6 is 0 Å². The Bertz CT molecular complexity index is 1250. The molecule has 1 aliphatic heterocycles. The zero-order valence-corrected chi connectivity index (χ0v) is 22.8. The molecular formula is C33H40N2O3. The number of nitrogens with one attached hydrogen (secondary N) is 1. The maximum Gasteiger partial charge on any atom is 0.226 e. The van der Waals surface area contributed by atoms with E-state index in [2.05, 4.69) is 37.4 Å². The molecule has 1 saturated heterocycles. The molecule has 2 saturated carbocycles. The summed E-state index contributed by atoms with van der Waals surface area (Å²) in [6.45, 7) is 4.77. The van der Waals surface area contributed by atoms with Crippen LogP contribution in [-0.2, 0) is 9.59 Å². The Morgan fingerprint density at radius 1 is 0.974 bits per heavy atom. The first-order valence-corrected chi connectivity index (χ1v) is 14.3. The van der Waals surface area contributed by atoms with Gasteiger partial charge in [-0.3, -0.25) is 9.59 Å². The number of allylic oxidation sites excluding steroid dienone is 2. The molecule has 0 aromatic heterocycles. The minimum absolute atomic E-state index is 0.00873. The number of nitrogens with zero attached hydrogens (tertiary/aromatic N) is 1. The Kier molecular flexibility index (Phi) is 6.16. The third kappa shape index (κ3) is 3.88. The summed E-state index contributed by atoms with van der Waals surface area (Å²) in [5, 5.41) is 13.3. The molecule has 5 nitrogen and oxygen atoms in total. The molecule has 6 rings (SSSR count). The van der Waals surface area contributed by atoms with Crippen molar-refractivity contribution in [3.8, 4) is 5.75 Å². The van der Waals surface area contributed by atoms with Gasteiger partial charge in [0.1, 0.15) is 5.75 Å². The van der Waals surface area contributed by atoms with E-state index in [1.165, 1.54) is 5.70 Å². The molecule has 0 spiro atoms. The van der Waals surface area contributed by atoms with Crippen molar-refractivity contribution in [2.75, 3.05) is 7.05 Å². The fourth-order valence-corrected chi connectivity index (χ4v) is 8.93. The first kappa shape index (κ1) is 25.2. The SMILES string of the molecule is CN1C(=O)CC[C@@]2(C)C1=CC[C@H]1[C@@H]3CC[C@H](C(=O)NC(c4ccccc4)c4ccc(O)cc4)[C@@]3(C)CC[C@@H]12. The molecule has 200 valence electrons. The monoisotopic (exact) mass is 512 g/mol. The number of aromatic hydroxyl groups is 1. The van der Waals surface area contributed by atoms with Crippen LogP contribution in [-0.4, -0.2) is 28.9 Å². The van der Waals surface area contributed by atoms with Crippen LogP contribution in [0.2, 0.25) is 0 Å². The molecule has 38 heavy (non-hydrogen) atoms. The second-order valence-corrected chi connectivity index (χ2v) is 12.7. The van der Waals surface area contributed by atoms with Crippen molar-refractivity contribution < 1.29 is 14.7 Å². The van der Waals surface area contributed by atoms with Gasteiger partial charge >= 0.3 is 0 Å². The average Bonchev–Trinajstić information content (AvgIpc) is 3.28. The maximum absolute atomic E-state index is 14.0. The molecule has 1 heterocycles. The molecule has 0 radical (unpaired) electrons. The van der Waals surface area contributed by atoms with Gasteiger partial charge in [-0.25, -0.2) is 0 Å². The number of hydrogen-bond acceptors (Lipinski definition) is 3. The number of likely N-dealkylation sites (tertiary alicyclic amines) is 1. The van der Waals surface area contributed by atoms with Crippen molar-refractivity contribution in [3.63, 3.8) is 0 Å². The summed E-state index contributed by atoms with van der Waals surface area (Å²) in [7, 11) is 1.95. The summed E-state index contributed by atoms with van der Waals surface area (Å²) in [5.74, 6) is 2.28. The number of phenols is 1. The van der Waals surface area contributed by atoms with Gasteiger partial charge in [0.25, 0.3) is 0 Å². The molecule has 2 N–H and O–H groups in total. The van der Waals surface area contributed by atoms with Gasteiger partial charge in [-0.05, 0) is 85.0 Å². The van der Waals surface area contributed by atoms with E-state index in [9.17, 15) is 14.7 Å². The lowest BCUT2D eigenvalue weighted by Crippen LogP contribution is -2.54. The summed E-state index contributed by atoms with van der Waals surface area (Å²) in [6, 6.07) is 17.0. The minimum atomic E-state index is -0.252. The van der Waals surface area contributed by atoms with E-state index in [0.29, 0.717) is 24.2 Å². The largest absolute Gasteiger partial charge is 0.508 e. The van der Waals surface area contributed by atoms with Crippen LogP contribution in [0.4, 0.5) is 0 Å². The highest BCUT2D eigenvalue weighted by Gasteiger charge is 2.60. The van der Waals surface area contributed by atoms with E-state index in [1.807, 2.05) is 42.3 Å². The van der Waals surface area contributed by atoms with E-state index in [4.69, 9.17) is 0 Å². The van der Waals surface area contributed by atoms with E-state index in [0.717, 1.165) is 49.7 Å². The number of fused-ring (bicyclic) bond motifs is 5. The van der Waals surface area contributed by atoms with Crippen LogP contribution in [0.3, 0.4) is 0 Å². The van der Waals surface area contributed by atoms with Gasteiger partial charge in [0.15, 0.2) is 0 Å². The number of carbonyl (C=O) groups is 2. The molecule has 4 aliphatic rings. The minimum Gasteiger partial charge on any atom is -0.508 e. The number of phenolic OH excluding ortho intramolecular Hbond substituents is 1. The van der Waals surface area contributed by atoms with Gasteiger partial charge in [-0.2, -0.15) is 0 Å². The summed E-state index contributed by atoms with van der Waals surface area (Å²) < 4.78 is 0. The number of piperidine rings is 1. The summed E-state index contributed by atoms with van der Waals surface area (Å²) in [4.78, 5) is 28.4. The zero-order valence-electron chi connectivity index (χ0n) is 22.8. The van der Waals surface area contributed by atoms with Crippen molar-refractivity contribution in [2.45, 2.75) is 64.8 Å². The van der Waals surface area contributed by atoms with Gasteiger partial charge < -0.3 is 15.3 Å². The molecule has 3 aliphatic carbocycles. The van der Waals surface area contributed by atoms with E-state index in [1.54, 1.807) is 12.1 Å². The number of benzene rings is 2. The topological polar surface area (TPSA) is 69.6 Å². The number of amides is 2. The van der Waals surface area contributed by atoms with Crippen molar-refractivity contribution in [1.82, 2.24) is 10.2 Å². The maximum atomic E-state index is 14.0. The average molecular weight is 513 g/mol. The summed E-state index contributed by atoms with van der Waals surface area (Å²) in [6.07, 6.45) is 9.16. The van der Waals surface area contributed by atoms with Gasteiger partial charge in [0, 0.05) is 30.5 Å². The lowest BCUT2D eigenvalue weighted by atomic mass is 9.49. The third-order valence-corrected chi connectivity index (χ3v) is 11.0. The molecular weight excluding hydrogens is 472 g/mol. The predicted octanol–water partition coefficient (Wildman–Crippen LogP) is 6.20. The second kappa shape index (κ2) is 9.29. The third-order valence-electron chi connectivity index (χ3n) is 11.0. The van der Waals surface area contributed by atoms with Gasteiger partial charge in [0.2, 0.25) is 11.8 Å². The molecule has 2 aromatic carbocycles. The lowest BCUT2D eigenvalue weighted by Gasteiger charge is -2.58. The smallest absolute Gasteiger partial charge is 0.226 e. The molecule has 3 fully saturated rings. The predicted molar refractivity (Wildman–Crippen MR) is 148 cm³/mol. The first-order chi connectivity index (χ1) is 18.2. The van der Waals surface area contributed by atoms with Gasteiger partial charge in [-0.15, -0.1) is 0 Å². The molecule has 5 heteroatoms. The Morgan fingerprint density at radius 3 is 2.42 bits per heavy atom. The number of carbonyl (C=O) groups excluding carboxylic acids is 2. The Morgan fingerprint density at radius 2 is 1.68 bits per heavy atom. The van der Waals surface area contributed by atoms with Crippen molar-refractivity contribution >= 4 is 11.8 Å². The Hall–Kier alpha value is -3.08. The molecule has 1 unspecified atom stereocenters. The quantitative estimate of drug-likeness (QED) is 0.512. The normalized spacial score (nSPS) is 35.0. The summed E-state index contributed by atoms with van der Waals surface area (Å²) >= 11 is 0. The van der Waals surface area contributed by atoms with Crippen LogP contribution in [0.1, 0.15) is 76.0 Å².